The van der Waals surface area contributed by atoms with Gasteiger partial charge in [-0.3, -0.25) is 14.9 Å². The topological polar surface area (TPSA) is 97.7 Å². The summed E-state index contributed by atoms with van der Waals surface area (Å²) in [6, 6.07) is 12.4. The molecule has 0 unspecified atom stereocenters. The van der Waals surface area contributed by atoms with Crippen LogP contribution in [-0.4, -0.2) is 17.0 Å². The van der Waals surface area contributed by atoms with Crippen LogP contribution >= 0.6 is 11.6 Å². The second kappa shape index (κ2) is 7.79. The number of nitrogens with zero attached hydrogens (tertiary/aromatic N) is 2. The average Bonchev–Trinajstić information content (AvgIpc) is 3.10. The van der Waals surface area contributed by atoms with E-state index in [0.717, 1.165) is 12.1 Å². The van der Waals surface area contributed by atoms with Crippen molar-refractivity contribution < 1.29 is 18.5 Å². The number of carbonyl (C=O) groups excluding carboxylic acids is 1. The number of hydrogen-bond acceptors (Lipinski definition) is 5. The molecule has 27 heavy (non-hydrogen) atoms. The number of benzene rings is 2. The number of hydrogen-bond donors (Lipinski definition) is 1. The number of halogens is 2. The van der Waals surface area contributed by atoms with Crippen molar-refractivity contribution in [2.45, 2.75) is 0 Å². The molecule has 0 fully saturated rings. The summed E-state index contributed by atoms with van der Waals surface area (Å²) in [7, 11) is 0. The van der Waals surface area contributed by atoms with Gasteiger partial charge in [0.15, 0.2) is 0 Å². The van der Waals surface area contributed by atoms with Crippen LogP contribution in [0.1, 0.15) is 16.1 Å². The van der Waals surface area contributed by atoms with E-state index in [1.807, 2.05) is 0 Å². The van der Waals surface area contributed by atoms with Gasteiger partial charge in [-0.05, 0) is 48.5 Å². The molecule has 0 saturated carbocycles. The van der Waals surface area contributed by atoms with E-state index < -0.39 is 22.3 Å². The van der Waals surface area contributed by atoms with Crippen molar-refractivity contribution in [2.24, 2.45) is 5.10 Å². The second-order valence-electron chi connectivity index (χ2n) is 5.33. The number of rotatable bonds is 5. The average molecular weight is 388 g/mol. The first-order valence-corrected chi connectivity index (χ1v) is 7.95. The summed E-state index contributed by atoms with van der Waals surface area (Å²) in [5.74, 6) is -0.736. The van der Waals surface area contributed by atoms with Crippen molar-refractivity contribution >= 4 is 29.4 Å². The lowest BCUT2D eigenvalue weighted by molar-refractivity contribution is -0.384. The third-order valence-corrected chi connectivity index (χ3v) is 3.76. The lowest BCUT2D eigenvalue weighted by atomic mass is 10.1. The molecule has 1 N–H and O–H groups in total. The summed E-state index contributed by atoms with van der Waals surface area (Å²) in [6.07, 6.45) is 1.24. The molecule has 0 radical (unpaired) electrons. The van der Waals surface area contributed by atoms with Gasteiger partial charge in [0.1, 0.15) is 17.3 Å². The molecule has 3 aromatic rings. The first kappa shape index (κ1) is 18.3. The standard InChI is InChI=1S/C18H11ClFN3O4/c19-12-3-1-11(2-4-12)18(24)22-21-10-14-6-8-17(27-14)15-7-5-13(20)9-16(15)23(25)26/h1-10H,(H,22,24)/b21-10-. The highest BCUT2D eigenvalue weighted by Crippen LogP contribution is 2.31. The fourth-order valence-corrected chi connectivity index (χ4v) is 2.38. The number of nitrogens with one attached hydrogen (secondary N) is 1. The molecule has 0 bridgehead atoms. The quantitative estimate of drug-likeness (QED) is 0.398. The van der Waals surface area contributed by atoms with Gasteiger partial charge < -0.3 is 4.42 Å². The van der Waals surface area contributed by atoms with E-state index in [0.29, 0.717) is 10.6 Å². The van der Waals surface area contributed by atoms with Gasteiger partial charge in [-0.1, -0.05) is 11.6 Å². The van der Waals surface area contributed by atoms with Crippen LogP contribution in [0.3, 0.4) is 0 Å². The van der Waals surface area contributed by atoms with Gasteiger partial charge >= 0.3 is 0 Å². The Morgan fingerprint density at radius 1 is 1.19 bits per heavy atom. The van der Waals surface area contributed by atoms with Gasteiger partial charge in [0.25, 0.3) is 11.6 Å². The number of nitro groups is 1. The molecule has 1 aromatic heterocycles. The number of nitro benzene ring substituents is 1. The minimum atomic E-state index is -0.719. The Balaban J connectivity index is 1.73. The van der Waals surface area contributed by atoms with Crippen LogP contribution in [0, 0.1) is 15.9 Å². The number of furan rings is 1. The summed E-state index contributed by atoms with van der Waals surface area (Å²) < 4.78 is 18.7. The Hall–Kier alpha value is -3.52. The first-order valence-electron chi connectivity index (χ1n) is 7.57. The summed E-state index contributed by atoms with van der Waals surface area (Å²) >= 11 is 5.76. The molecule has 1 heterocycles. The predicted molar refractivity (Wildman–Crippen MR) is 97.3 cm³/mol. The van der Waals surface area contributed by atoms with Crippen molar-refractivity contribution in [1.82, 2.24) is 5.43 Å². The van der Waals surface area contributed by atoms with Gasteiger partial charge in [-0.15, -0.1) is 0 Å². The molecule has 1 amide bonds. The Labute approximate surface area is 157 Å². The van der Waals surface area contributed by atoms with E-state index in [9.17, 15) is 19.3 Å². The molecule has 0 aliphatic rings. The van der Waals surface area contributed by atoms with Gasteiger partial charge in [-0.25, -0.2) is 9.82 Å². The molecule has 2 aromatic carbocycles. The molecule has 0 aliphatic heterocycles. The molecule has 0 spiro atoms. The Kier molecular flexibility index (Phi) is 5.28. The Morgan fingerprint density at radius 2 is 1.93 bits per heavy atom. The van der Waals surface area contributed by atoms with E-state index >= 15 is 0 Å². The maximum absolute atomic E-state index is 13.2. The fourth-order valence-electron chi connectivity index (χ4n) is 2.25. The van der Waals surface area contributed by atoms with Crippen molar-refractivity contribution in [2.75, 3.05) is 0 Å². The summed E-state index contributed by atoms with van der Waals surface area (Å²) in [6.45, 7) is 0. The number of amides is 1. The van der Waals surface area contributed by atoms with Gasteiger partial charge in [0.2, 0.25) is 0 Å². The van der Waals surface area contributed by atoms with E-state index in [-0.39, 0.29) is 17.1 Å². The van der Waals surface area contributed by atoms with E-state index in [1.54, 1.807) is 24.3 Å². The number of carbonyl (C=O) groups is 1. The second-order valence-corrected chi connectivity index (χ2v) is 5.76. The molecular formula is C18H11ClFN3O4. The van der Waals surface area contributed by atoms with Crippen LogP contribution in [0.5, 0.6) is 0 Å². The lowest BCUT2D eigenvalue weighted by Crippen LogP contribution is -2.17. The molecule has 0 atom stereocenters. The van der Waals surface area contributed by atoms with Gasteiger partial charge in [0.05, 0.1) is 22.8 Å². The first-order chi connectivity index (χ1) is 12.9. The monoisotopic (exact) mass is 387 g/mol. The molecule has 7 nitrogen and oxygen atoms in total. The summed E-state index contributed by atoms with van der Waals surface area (Å²) in [5.41, 5.74) is 2.41. The highest BCUT2D eigenvalue weighted by atomic mass is 35.5. The molecule has 0 aliphatic carbocycles. The maximum Gasteiger partial charge on any atom is 0.283 e. The molecular weight excluding hydrogens is 377 g/mol. The maximum atomic E-state index is 13.2. The van der Waals surface area contributed by atoms with E-state index in [1.165, 1.54) is 24.4 Å². The minimum Gasteiger partial charge on any atom is -0.455 e. The van der Waals surface area contributed by atoms with E-state index in [4.69, 9.17) is 16.0 Å². The zero-order valence-corrected chi connectivity index (χ0v) is 14.3. The minimum absolute atomic E-state index is 0.131. The number of hydrazone groups is 1. The molecule has 3 rings (SSSR count). The third-order valence-electron chi connectivity index (χ3n) is 3.51. The normalized spacial score (nSPS) is 10.9. The van der Waals surface area contributed by atoms with Crippen molar-refractivity contribution in [3.63, 3.8) is 0 Å². The zero-order valence-electron chi connectivity index (χ0n) is 13.6. The Bertz CT molecular complexity index is 1030. The van der Waals surface area contributed by atoms with Crippen molar-refractivity contribution in [3.05, 3.63) is 86.9 Å². The Morgan fingerprint density at radius 3 is 2.63 bits per heavy atom. The lowest BCUT2D eigenvalue weighted by Gasteiger charge is -2.00. The van der Waals surface area contributed by atoms with Crippen LogP contribution in [0.2, 0.25) is 5.02 Å². The van der Waals surface area contributed by atoms with Crippen LogP contribution < -0.4 is 5.43 Å². The molecule has 136 valence electrons. The molecule has 9 heteroatoms. The third kappa shape index (κ3) is 4.36. The largest absolute Gasteiger partial charge is 0.455 e. The van der Waals surface area contributed by atoms with Crippen LogP contribution in [0.4, 0.5) is 10.1 Å². The SMILES string of the molecule is O=C(N/N=C\c1ccc(-c2ccc(F)cc2[N+](=O)[O-])o1)c1ccc(Cl)cc1. The van der Waals surface area contributed by atoms with Gasteiger partial charge in [0, 0.05) is 10.6 Å². The smallest absolute Gasteiger partial charge is 0.283 e. The van der Waals surface area contributed by atoms with Crippen molar-refractivity contribution in [1.29, 1.82) is 0 Å². The van der Waals surface area contributed by atoms with Crippen molar-refractivity contribution in [3.8, 4) is 11.3 Å². The fraction of sp³-hybridized carbons (Fsp3) is 0. The van der Waals surface area contributed by atoms with Crippen LogP contribution in [0.15, 0.2) is 64.1 Å². The van der Waals surface area contributed by atoms with Crippen LogP contribution in [-0.2, 0) is 0 Å². The highest BCUT2D eigenvalue weighted by Gasteiger charge is 2.19. The highest BCUT2D eigenvalue weighted by molar-refractivity contribution is 6.30. The molecule has 0 saturated heterocycles. The van der Waals surface area contributed by atoms with Gasteiger partial charge in [-0.2, -0.15) is 5.10 Å². The summed E-state index contributed by atoms with van der Waals surface area (Å²) in [5, 5.41) is 15.4. The summed E-state index contributed by atoms with van der Waals surface area (Å²) in [4.78, 5) is 22.3. The predicted octanol–water partition coefficient (Wildman–Crippen LogP) is 4.41. The van der Waals surface area contributed by atoms with Crippen LogP contribution in [0.25, 0.3) is 11.3 Å². The zero-order chi connectivity index (χ0) is 19.4. The van der Waals surface area contributed by atoms with E-state index in [2.05, 4.69) is 10.5 Å².